The first-order valence-electron chi connectivity index (χ1n) is 6.10. The highest BCUT2D eigenvalue weighted by Crippen LogP contribution is 2.29. The molecule has 2 rings (SSSR count). The molecule has 0 amide bonds. The van der Waals surface area contributed by atoms with E-state index in [1.54, 1.807) is 31.2 Å². The predicted octanol–water partition coefficient (Wildman–Crippen LogP) is 3.31. The van der Waals surface area contributed by atoms with Crippen LogP contribution in [0.4, 0.5) is 13.2 Å². The van der Waals surface area contributed by atoms with Crippen molar-refractivity contribution in [2.75, 3.05) is 6.61 Å². The van der Waals surface area contributed by atoms with E-state index in [4.69, 9.17) is 10.1 Å². The Balaban J connectivity index is 2.12. The van der Waals surface area contributed by atoms with Crippen molar-refractivity contribution in [1.82, 2.24) is 10.1 Å². The third-order valence-electron chi connectivity index (χ3n) is 2.56. The Hall–Kier alpha value is -2.38. The van der Waals surface area contributed by atoms with Crippen LogP contribution in [0.3, 0.4) is 0 Å². The zero-order valence-electron chi connectivity index (χ0n) is 11.1. The maximum Gasteiger partial charge on any atom is 0.471 e. The highest BCUT2D eigenvalue weighted by atomic mass is 19.4. The lowest BCUT2D eigenvalue weighted by Gasteiger charge is -2.05. The lowest BCUT2D eigenvalue weighted by atomic mass is 10.1. The molecular formula is C13H12F3N3O2. The summed E-state index contributed by atoms with van der Waals surface area (Å²) in [5.41, 5.74) is 1.21. The lowest BCUT2D eigenvalue weighted by Crippen LogP contribution is -2.06. The first-order chi connectivity index (χ1) is 9.90. The molecule has 0 radical (unpaired) electrons. The summed E-state index contributed by atoms with van der Waals surface area (Å²) in [6.07, 6.45) is -4.34. The molecule has 0 saturated carbocycles. The highest BCUT2D eigenvalue weighted by Gasteiger charge is 2.38. The fraction of sp³-hybridized carbons (Fsp3) is 0.308. The molecule has 8 heteroatoms. The molecule has 0 saturated heterocycles. The van der Waals surface area contributed by atoms with Gasteiger partial charge in [-0.1, -0.05) is 29.4 Å². The zero-order valence-corrected chi connectivity index (χ0v) is 11.1. The third kappa shape index (κ3) is 3.80. The fourth-order valence-electron chi connectivity index (χ4n) is 1.64. The standard InChI is InChI=1S/C13H12F3N3O2/c1-2-20-10(17)7-8-3-5-9(6-4-8)11-18-12(21-19-11)13(14,15)16/h3-6,17H,2,7H2,1H3. The number of nitrogens with zero attached hydrogens (tertiary/aromatic N) is 2. The first-order valence-corrected chi connectivity index (χ1v) is 6.10. The van der Waals surface area contributed by atoms with Crippen LogP contribution in [0.1, 0.15) is 18.4 Å². The number of benzene rings is 1. The molecule has 0 spiro atoms. The summed E-state index contributed by atoms with van der Waals surface area (Å²) in [6, 6.07) is 6.48. The molecule has 1 heterocycles. The molecule has 1 N–H and O–H groups in total. The summed E-state index contributed by atoms with van der Waals surface area (Å²) >= 11 is 0. The highest BCUT2D eigenvalue weighted by molar-refractivity contribution is 5.75. The monoisotopic (exact) mass is 299 g/mol. The van der Waals surface area contributed by atoms with Gasteiger partial charge in [0, 0.05) is 12.0 Å². The van der Waals surface area contributed by atoms with Crippen molar-refractivity contribution < 1.29 is 22.4 Å². The van der Waals surface area contributed by atoms with Crippen LogP contribution in [-0.2, 0) is 17.3 Å². The SMILES string of the molecule is CCOC(=N)Cc1ccc(-c2noc(C(F)(F)F)n2)cc1. The lowest BCUT2D eigenvalue weighted by molar-refractivity contribution is -0.159. The van der Waals surface area contributed by atoms with Crippen LogP contribution < -0.4 is 0 Å². The molecule has 0 aliphatic carbocycles. The Morgan fingerprint density at radius 1 is 1.29 bits per heavy atom. The first kappa shape index (κ1) is 15.0. The van der Waals surface area contributed by atoms with Gasteiger partial charge in [0.2, 0.25) is 5.82 Å². The van der Waals surface area contributed by atoms with Crippen LogP contribution in [0.15, 0.2) is 28.8 Å². The smallest absolute Gasteiger partial charge is 0.471 e. The Kier molecular flexibility index (Phi) is 4.25. The number of nitrogens with one attached hydrogen (secondary N) is 1. The van der Waals surface area contributed by atoms with Crippen molar-refractivity contribution in [3.8, 4) is 11.4 Å². The van der Waals surface area contributed by atoms with Crippen molar-refractivity contribution in [2.45, 2.75) is 19.5 Å². The van der Waals surface area contributed by atoms with Crippen LogP contribution >= 0.6 is 0 Å². The van der Waals surface area contributed by atoms with Crippen LogP contribution in [0.2, 0.25) is 0 Å². The predicted molar refractivity (Wildman–Crippen MR) is 67.8 cm³/mol. The maximum atomic E-state index is 12.4. The third-order valence-corrected chi connectivity index (χ3v) is 2.56. The molecule has 0 aliphatic rings. The minimum Gasteiger partial charge on any atom is -0.481 e. The Morgan fingerprint density at radius 2 is 1.95 bits per heavy atom. The van der Waals surface area contributed by atoms with Gasteiger partial charge in [-0.05, 0) is 12.5 Å². The van der Waals surface area contributed by atoms with E-state index in [1.807, 2.05) is 0 Å². The molecule has 0 fully saturated rings. The number of halogens is 3. The van der Waals surface area contributed by atoms with E-state index in [9.17, 15) is 13.2 Å². The molecule has 5 nitrogen and oxygen atoms in total. The minimum absolute atomic E-state index is 0.129. The van der Waals surface area contributed by atoms with E-state index >= 15 is 0 Å². The van der Waals surface area contributed by atoms with Gasteiger partial charge in [-0.25, -0.2) is 0 Å². The van der Waals surface area contributed by atoms with Crippen LogP contribution in [0.25, 0.3) is 11.4 Å². The summed E-state index contributed by atoms with van der Waals surface area (Å²) in [5, 5.41) is 10.8. The second kappa shape index (κ2) is 5.94. The number of aromatic nitrogens is 2. The van der Waals surface area contributed by atoms with Crippen molar-refractivity contribution in [3.63, 3.8) is 0 Å². The Morgan fingerprint density at radius 3 is 2.48 bits per heavy atom. The number of rotatable bonds is 4. The van der Waals surface area contributed by atoms with Gasteiger partial charge in [0.15, 0.2) is 5.90 Å². The largest absolute Gasteiger partial charge is 0.481 e. The van der Waals surface area contributed by atoms with Gasteiger partial charge < -0.3 is 9.26 Å². The van der Waals surface area contributed by atoms with Crippen molar-refractivity contribution in [3.05, 3.63) is 35.7 Å². The normalized spacial score (nSPS) is 11.4. The summed E-state index contributed by atoms with van der Waals surface area (Å²) in [7, 11) is 0. The number of alkyl halides is 3. The van der Waals surface area contributed by atoms with Crippen LogP contribution in [-0.4, -0.2) is 22.6 Å². The average Bonchev–Trinajstić information content (AvgIpc) is 2.89. The van der Waals surface area contributed by atoms with Crippen molar-refractivity contribution >= 4 is 5.90 Å². The molecule has 0 aliphatic heterocycles. The van der Waals surface area contributed by atoms with Gasteiger partial charge in [-0.15, -0.1) is 0 Å². The molecule has 0 atom stereocenters. The fourth-order valence-corrected chi connectivity index (χ4v) is 1.64. The average molecular weight is 299 g/mol. The van der Waals surface area contributed by atoms with Crippen LogP contribution in [0.5, 0.6) is 0 Å². The van der Waals surface area contributed by atoms with E-state index in [2.05, 4.69) is 14.7 Å². The Labute approximate surface area is 118 Å². The van der Waals surface area contributed by atoms with Gasteiger partial charge in [-0.3, -0.25) is 5.41 Å². The van der Waals surface area contributed by atoms with E-state index in [-0.39, 0.29) is 11.7 Å². The van der Waals surface area contributed by atoms with Gasteiger partial charge in [0.1, 0.15) is 0 Å². The summed E-state index contributed by atoms with van der Waals surface area (Å²) < 4.78 is 46.3. The van der Waals surface area contributed by atoms with Crippen LogP contribution in [0, 0.1) is 5.41 Å². The molecule has 2 aromatic rings. The second-order valence-corrected chi connectivity index (χ2v) is 4.15. The zero-order chi connectivity index (χ0) is 15.5. The topological polar surface area (TPSA) is 72.0 Å². The molecular weight excluding hydrogens is 287 g/mol. The minimum atomic E-state index is -4.65. The van der Waals surface area contributed by atoms with Gasteiger partial charge in [0.25, 0.3) is 0 Å². The molecule has 112 valence electrons. The number of ether oxygens (including phenoxy) is 1. The molecule has 1 aromatic heterocycles. The molecule has 1 aromatic carbocycles. The second-order valence-electron chi connectivity index (χ2n) is 4.15. The van der Waals surface area contributed by atoms with E-state index in [0.29, 0.717) is 18.6 Å². The van der Waals surface area contributed by atoms with E-state index in [0.717, 1.165) is 5.56 Å². The molecule has 21 heavy (non-hydrogen) atoms. The quantitative estimate of drug-likeness (QED) is 0.694. The van der Waals surface area contributed by atoms with E-state index in [1.165, 1.54) is 0 Å². The molecule has 0 unspecified atom stereocenters. The van der Waals surface area contributed by atoms with E-state index < -0.39 is 12.1 Å². The van der Waals surface area contributed by atoms with Gasteiger partial charge in [-0.2, -0.15) is 18.2 Å². The van der Waals surface area contributed by atoms with Gasteiger partial charge in [0.05, 0.1) is 6.61 Å². The molecule has 0 bridgehead atoms. The van der Waals surface area contributed by atoms with Crippen molar-refractivity contribution in [1.29, 1.82) is 5.41 Å². The van der Waals surface area contributed by atoms with Gasteiger partial charge >= 0.3 is 12.1 Å². The number of hydrogen-bond acceptors (Lipinski definition) is 5. The number of hydrogen-bond donors (Lipinski definition) is 1. The Bertz CT molecular complexity index is 620. The summed E-state index contributed by atoms with van der Waals surface area (Å²) in [4.78, 5) is 3.30. The maximum absolute atomic E-state index is 12.4. The van der Waals surface area contributed by atoms with Crippen molar-refractivity contribution in [2.24, 2.45) is 0 Å². The summed E-state index contributed by atoms with van der Waals surface area (Å²) in [6.45, 7) is 2.20. The summed E-state index contributed by atoms with van der Waals surface area (Å²) in [5.74, 6) is -1.38.